The Hall–Kier alpha value is -2.77. The number of anilines is 1. The van der Waals surface area contributed by atoms with Gasteiger partial charge in [-0.2, -0.15) is 0 Å². The van der Waals surface area contributed by atoms with Crippen LogP contribution in [0, 0.1) is 0 Å². The van der Waals surface area contributed by atoms with Gasteiger partial charge in [0.1, 0.15) is 11.3 Å². The topological polar surface area (TPSA) is 95.6 Å². The smallest absolute Gasteiger partial charge is 0.165 e. The van der Waals surface area contributed by atoms with Crippen molar-refractivity contribution < 1.29 is 0 Å². The molecule has 0 aliphatic carbocycles. The summed E-state index contributed by atoms with van der Waals surface area (Å²) in [6, 6.07) is 13.7. The van der Waals surface area contributed by atoms with Gasteiger partial charge in [-0.05, 0) is 51.8 Å². The van der Waals surface area contributed by atoms with Gasteiger partial charge in [-0.15, -0.1) is 0 Å². The summed E-state index contributed by atoms with van der Waals surface area (Å²) in [6.07, 6.45) is 3.42. The van der Waals surface area contributed by atoms with E-state index in [0.717, 1.165) is 32.5 Å². The standard InChI is InChI=1S/C18H15BrN6/c19-12-8-15-18(23-10-12)25(13-4-1-3-11(7-13)9-20)17(24-15)14-5-2-6-22-16(14)21/h1-8,10H,9,20H2,(H2,21,22). The van der Waals surface area contributed by atoms with Crippen LogP contribution in [0.2, 0.25) is 0 Å². The summed E-state index contributed by atoms with van der Waals surface area (Å²) >= 11 is 3.45. The first-order chi connectivity index (χ1) is 12.2. The SMILES string of the molecule is NCc1cccc(-n2c(-c3cccnc3N)nc3cc(Br)cnc32)c1. The lowest BCUT2D eigenvalue weighted by Gasteiger charge is -2.11. The van der Waals surface area contributed by atoms with Gasteiger partial charge in [0, 0.05) is 29.1 Å². The highest BCUT2D eigenvalue weighted by atomic mass is 79.9. The van der Waals surface area contributed by atoms with Crippen LogP contribution in [0.3, 0.4) is 0 Å². The Kier molecular flexibility index (Phi) is 3.95. The fourth-order valence-electron chi connectivity index (χ4n) is 2.79. The zero-order valence-corrected chi connectivity index (χ0v) is 14.8. The largest absolute Gasteiger partial charge is 0.383 e. The third-order valence-electron chi connectivity index (χ3n) is 3.95. The van der Waals surface area contributed by atoms with E-state index in [0.29, 0.717) is 18.2 Å². The van der Waals surface area contributed by atoms with Gasteiger partial charge in [0.25, 0.3) is 0 Å². The average molecular weight is 395 g/mol. The van der Waals surface area contributed by atoms with Gasteiger partial charge >= 0.3 is 0 Å². The van der Waals surface area contributed by atoms with Crippen molar-refractivity contribution in [2.75, 3.05) is 5.73 Å². The first-order valence-electron chi connectivity index (χ1n) is 7.71. The number of nitrogens with two attached hydrogens (primary N) is 2. The van der Waals surface area contributed by atoms with Gasteiger partial charge in [-0.1, -0.05) is 12.1 Å². The van der Waals surface area contributed by atoms with Crippen LogP contribution >= 0.6 is 15.9 Å². The number of benzene rings is 1. The van der Waals surface area contributed by atoms with Gasteiger partial charge in [0.15, 0.2) is 11.5 Å². The fourth-order valence-corrected chi connectivity index (χ4v) is 3.11. The molecule has 1 aromatic carbocycles. The molecule has 3 aromatic heterocycles. The van der Waals surface area contributed by atoms with Crippen LogP contribution in [0.4, 0.5) is 5.82 Å². The molecule has 0 amide bonds. The summed E-state index contributed by atoms with van der Waals surface area (Å²) in [5.74, 6) is 1.12. The molecule has 0 radical (unpaired) electrons. The summed E-state index contributed by atoms with van der Waals surface area (Å²) in [4.78, 5) is 13.5. The van der Waals surface area contributed by atoms with Crippen molar-refractivity contribution in [1.29, 1.82) is 0 Å². The zero-order valence-electron chi connectivity index (χ0n) is 13.2. The Morgan fingerprint density at radius 2 is 1.96 bits per heavy atom. The highest BCUT2D eigenvalue weighted by Gasteiger charge is 2.18. The fraction of sp³-hybridized carbons (Fsp3) is 0.0556. The van der Waals surface area contributed by atoms with Gasteiger partial charge in [-0.3, -0.25) is 4.57 Å². The molecule has 6 nitrogen and oxygen atoms in total. The molecule has 124 valence electrons. The minimum absolute atomic E-state index is 0.424. The van der Waals surface area contributed by atoms with Gasteiger partial charge in [0.05, 0.1) is 5.56 Å². The van der Waals surface area contributed by atoms with Crippen LogP contribution in [0.1, 0.15) is 5.56 Å². The molecule has 0 spiro atoms. The van der Waals surface area contributed by atoms with Gasteiger partial charge in [0.2, 0.25) is 0 Å². The van der Waals surface area contributed by atoms with E-state index in [4.69, 9.17) is 16.5 Å². The molecule has 0 atom stereocenters. The summed E-state index contributed by atoms with van der Waals surface area (Å²) in [5, 5.41) is 0. The second-order valence-electron chi connectivity index (χ2n) is 5.58. The third kappa shape index (κ3) is 2.77. The van der Waals surface area contributed by atoms with E-state index in [1.54, 1.807) is 12.4 Å². The maximum Gasteiger partial charge on any atom is 0.165 e. The van der Waals surface area contributed by atoms with Crippen molar-refractivity contribution in [2.24, 2.45) is 5.73 Å². The Morgan fingerprint density at radius 3 is 2.76 bits per heavy atom. The van der Waals surface area contributed by atoms with Crippen LogP contribution in [0.15, 0.2) is 59.3 Å². The van der Waals surface area contributed by atoms with Crippen molar-refractivity contribution in [3.8, 4) is 17.1 Å². The number of aromatic nitrogens is 4. The van der Waals surface area contributed by atoms with Gasteiger partial charge in [-0.25, -0.2) is 15.0 Å². The Bertz CT molecular complexity index is 1070. The van der Waals surface area contributed by atoms with E-state index in [-0.39, 0.29) is 0 Å². The molecule has 4 rings (SSSR count). The van der Waals surface area contributed by atoms with E-state index in [9.17, 15) is 0 Å². The average Bonchev–Trinajstić information content (AvgIpc) is 3.00. The summed E-state index contributed by atoms with van der Waals surface area (Å²) in [6.45, 7) is 0.462. The molecule has 3 heterocycles. The quantitative estimate of drug-likeness (QED) is 0.555. The molecule has 25 heavy (non-hydrogen) atoms. The molecule has 0 saturated heterocycles. The van der Waals surface area contributed by atoms with Crippen LogP contribution in [0.5, 0.6) is 0 Å². The minimum atomic E-state index is 0.424. The lowest BCUT2D eigenvalue weighted by atomic mass is 10.2. The van der Waals surface area contributed by atoms with E-state index in [1.165, 1.54) is 0 Å². The number of fused-ring (bicyclic) bond motifs is 1. The molecular weight excluding hydrogens is 380 g/mol. The molecule has 0 unspecified atom stereocenters. The lowest BCUT2D eigenvalue weighted by Crippen LogP contribution is -2.03. The highest BCUT2D eigenvalue weighted by molar-refractivity contribution is 9.10. The number of nitrogens with zero attached hydrogens (tertiary/aromatic N) is 4. The second-order valence-corrected chi connectivity index (χ2v) is 6.49. The molecule has 0 saturated carbocycles. The molecule has 0 fully saturated rings. The second kappa shape index (κ2) is 6.27. The number of rotatable bonds is 3. The Morgan fingerprint density at radius 1 is 1.08 bits per heavy atom. The van der Waals surface area contributed by atoms with E-state index in [1.807, 2.05) is 47.0 Å². The normalized spacial score (nSPS) is 11.1. The highest BCUT2D eigenvalue weighted by Crippen LogP contribution is 2.31. The van der Waals surface area contributed by atoms with Crippen LogP contribution < -0.4 is 11.5 Å². The van der Waals surface area contributed by atoms with Crippen LogP contribution in [-0.4, -0.2) is 19.5 Å². The number of hydrogen-bond donors (Lipinski definition) is 2. The first kappa shape index (κ1) is 15.7. The predicted octanol–water partition coefficient (Wildman–Crippen LogP) is 3.29. The number of pyridine rings is 2. The minimum Gasteiger partial charge on any atom is -0.383 e. The number of hydrogen-bond acceptors (Lipinski definition) is 5. The number of imidazole rings is 1. The van der Waals surface area contributed by atoms with Crippen molar-refractivity contribution in [2.45, 2.75) is 6.54 Å². The number of nitrogen functional groups attached to an aromatic ring is 1. The maximum atomic E-state index is 6.09. The summed E-state index contributed by atoms with van der Waals surface area (Å²) < 4.78 is 2.85. The summed E-state index contributed by atoms with van der Waals surface area (Å²) in [5.41, 5.74) is 16.1. The molecule has 4 N–H and O–H groups in total. The molecule has 7 heteroatoms. The van der Waals surface area contributed by atoms with E-state index < -0.39 is 0 Å². The molecule has 0 aliphatic heterocycles. The lowest BCUT2D eigenvalue weighted by molar-refractivity contribution is 1.03. The summed E-state index contributed by atoms with van der Waals surface area (Å²) in [7, 11) is 0. The molecular formula is C18H15BrN6. The zero-order chi connectivity index (χ0) is 17.4. The molecule has 0 bridgehead atoms. The van der Waals surface area contributed by atoms with E-state index in [2.05, 4.69) is 25.9 Å². The Balaban J connectivity index is 2.07. The Labute approximate surface area is 152 Å². The monoisotopic (exact) mass is 394 g/mol. The predicted molar refractivity (Wildman–Crippen MR) is 102 cm³/mol. The van der Waals surface area contributed by atoms with Crippen LogP contribution in [0.25, 0.3) is 28.2 Å². The number of halogens is 1. The maximum absolute atomic E-state index is 6.09. The van der Waals surface area contributed by atoms with Crippen LogP contribution in [-0.2, 0) is 6.54 Å². The molecule has 0 aliphatic rings. The van der Waals surface area contributed by atoms with Crippen molar-refractivity contribution in [3.63, 3.8) is 0 Å². The molecule has 4 aromatic rings. The third-order valence-corrected chi connectivity index (χ3v) is 4.38. The van der Waals surface area contributed by atoms with Crippen molar-refractivity contribution in [3.05, 3.63) is 64.9 Å². The van der Waals surface area contributed by atoms with E-state index >= 15 is 0 Å². The first-order valence-corrected chi connectivity index (χ1v) is 8.51. The van der Waals surface area contributed by atoms with Gasteiger partial charge < -0.3 is 11.5 Å². The van der Waals surface area contributed by atoms with Crippen molar-refractivity contribution in [1.82, 2.24) is 19.5 Å². The van der Waals surface area contributed by atoms with Crippen molar-refractivity contribution >= 4 is 32.9 Å².